The summed E-state index contributed by atoms with van der Waals surface area (Å²) >= 11 is 0. The van der Waals surface area contributed by atoms with Crippen molar-refractivity contribution in [1.82, 2.24) is 19.8 Å². The van der Waals surface area contributed by atoms with Crippen molar-refractivity contribution in [2.45, 2.75) is 122 Å². The van der Waals surface area contributed by atoms with Crippen LogP contribution in [0.1, 0.15) is 78.9 Å². The van der Waals surface area contributed by atoms with Gasteiger partial charge < -0.3 is 34.2 Å². The monoisotopic (exact) mass is 809 g/mol. The van der Waals surface area contributed by atoms with Gasteiger partial charge in [-0.2, -0.15) is 0 Å². The molecule has 5 aliphatic rings. The fourth-order valence-electron chi connectivity index (χ4n) is 8.30. The molecule has 1 aromatic carbocycles. The third-order valence-electron chi connectivity index (χ3n) is 12.4. The SMILES string of the molecule is CC(C)(C)OC(=O)N1C[C@H](O[Si](C)(C)C(C)(C)C)C[C@@]1(C)C(=O)Nc1cc(F)c2c(c1)CC(CN1CCC3(CC1)CN(c1cnc4c(n1)NC(=O)CO4)C(=O)O3)C2. The number of piperidine rings is 1. The van der Waals surface area contributed by atoms with Crippen LogP contribution in [-0.2, 0) is 36.3 Å². The Morgan fingerprint density at radius 2 is 1.82 bits per heavy atom. The van der Waals surface area contributed by atoms with Crippen molar-refractivity contribution in [3.05, 3.63) is 35.3 Å². The van der Waals surface area contributed by atoms with E-state index in [-0.39, 0.29) is 65.9 Å². The van der Waals surface area contributed by atoms with Gasteiger partial charge in [-0.1, -0.05) is 20.8 Å². The first kappa shape index (κ1) is 40.8. The average Bonchev–Trinajstić information content (AvgIpc) is 3.77. The highest BCUT2D eigenvalue weighted by Gasteiger charge is 2.54. The van der Waals surface area contributed by atoms with E-state index in [4.69, 9.17) is 18.6 Å². The molecule has 5 heterocycles. The van der Waals surface area contributed by atoms with Crippen molar-refractivity contribution in [3.63, 3.8) is 0 Å². The summed E-state index contributed by atoms with van der Waals surface area (Å²) in [5, 5.41) is 5.51. The molecule has 1 aromatic heterocycles. The molecule has 1 aliphatic carbocycles. The van der Waals surface area contributed by atoms with Gasteiger partial charge in [0.1, 0.15) is 22.6 Å². The van der Waals surface area contributed by atoms with E-state index in [0.29, 0.717) is 56.6 Å². The van der Waals surface area contributed by atoms with Crippen molar-refractivity contribution in [1.29, 1.82) is 0 Å². The van der Waals surface area contributed by atoms with E-state index in [1.807, 2.05) is 6.07 Å². The van der Waals surface area contributed by atoms with Crippen LogP contribution in [-0.4, -0.2) is 114 Å². The number of nitrogens with one attached hydrogen (secondary N) is 2. The minimum Gasteiger partial charge on any atom is -0.465 e. The number of halogens is 1. The number of hydrogen-bond donors (Lipinski definition) is 2. The fraction of sp³-hybridized carbons (Fsp3) is 0.650. The van der Waals surface area contributed by atoms with Gasteiger partial charge in [-0.05, 0) is 87.8 Å². The van der Waals surface area contributed by atoms with Gasteiger partial charge in [0, 0.05) is 44.6 Å². The number of ether oxygens (including phenoxy) is 3. The fourth-order valence-corrected chi connectivity index (χ4v) is 9.65. The Labute approximate surface area is 334 Å². The van der Waals surface area contributed by atoms with Gasteiger partial charge in [-0.25, -0.2) is 23.9 Å². The quantitative estimate of drug-likeness (QED) is 0.321. The molecule has 310 valence electrons. The molecular formula is C40H56FN7O8Si. The standard InChI is InChI=1S/C40H56FN7O8Si/c1-37(2,3)54-36(52)48-21-27(56-57(8,9)38(4,5)6)18-39(48,7)34(50)43-26-16-25-14-24(15-28(25)29(41)17-26)20-46-12-10-40(11-13-46)23-47(35(51)55-40)30-19-42-33-32(44-30)45-31(49)22-53-33/h16-17,19,24,27H,10-15,18,20-23H2,1-9H3,(H,43,50)(H,44,45,49)/t24?,27-,39+/m1/s1. The van der Waals surface area contributed by atoms with Crippen LogP contribution < -0.4 is 20.3 Å². The number of rotatable bonds is 7. The molecule has 17 heteroatoms. The highest BCUT2D eigenvalue weighted by atomic mass is 28.4. The molecule has 4 aliphatic heterocycles. The zero-order chi connectivity index (χ0) is 41.3. The van der Waals surface area contributed by atoms with Gasteiger partial charge in [0.25, 0.3) is 11.8 Å². The summed E-state index contributed by atoms with van der Waals surface area (Å²) in [6.07, 6.45) is 2.74. The van der Waals surface area contributed by atoms with Crippen LogP contribution in [0.15, 0.2) is 18.3 Å². The van der Waals surface area contributed by atoms with Crippen molar-refractivity contribution in [3.8, 4) is 5.88 Å². The number of likely N-dealkylation sites (tertiary alicyclic amines) is 2. The Kier molecular flexibility index (Phi) is 10.4. The number of carbonyl (C=O) groups excluding carboxylic acids is 4. The van der Waals surface area contributed by atoms with Crippen molar-refractivity contribution >= 4 is 49.6 Å². The summed E-state index contributed by atoms with van der Waals surface area (Å²) in [7, 11) is -2.23. The number of fused-ring (bicyclic) bond motifs is 2. The molecular weight excluding hydrogens is 754 g/mol. The molecule has 7 rings (SSSR count). The first-order chi connectivity index (χ1) is 26.5. The maximum Gasteiger partial charge on any atom is 0.416 e. The minimum atomic E-state index is -2.23. The van der Waals surface area contributed by atoms with Gasteiger partial charge in [0.05, 0.1) is 25.4 Å². The summed E-state index contributed by atoms with van der Waals surface area (Å²) < 4.78 is 39.4. The molecule has 1 spiro atoms. The summed E-state index contributed by atoms with van der Waals surface area (Å²) in [6, 6.07) is 3.23. The van der Waals surface area contributed by atoms with Crippen LogP contribution in [0.3, 0.4) is 0 Å². The average molecular weight is 810 g/mol. The summed E-state index contributed by atoms with van der Waals surface area (Å²) in [5.41, 5.74) is -0.856. The van der Waals surface area contributed by atoms with Crippen molar-refractivity contribution < 1.29 is 42.2 Å². The van der Waals surface area contributed by atoms with Crippen LogP contribution in [0.25, 0.3) is 0 Å². The van der Waals surface area contributed by atoms with Crippen LogP contribution in [0.4, 0.5) is 31.3 Å². The maximum atomic E-state index is 15.7. The molecule has 57 heavy (non-hydrogen) atoms. The molecule has 0 bridgehead atoms. The second kappa shape index (κ2) is 14.5. The van der Waals surface area contributed by atoms with Gasteiger partial charge in [0.2, 0.25) is 5.91 Å². The Morgan fingerprint density at radius 3 is 2.51 bits per heavy atom. The van der Waals surface area contributed by atoms with E-state index < -0.39 is 43.2 Å². The number of hydrogen-bond acceptors (Lipinski definition) is 11. The molecule has 0 saturated carbocycles. The summed E-state index contributed by atoms with van der Waals surface area (Å²) in [4.78, 5) is 66.3. The Bertz CT molecular complexity index is 1960. The predicted molar refractivity (Wildman–Crippen MR) is 212 cm³/mol. The largest absolute Gasteiger partial charge is 0.465 e. The third kappa shape index (κ3) is 8.33. The van der Waals surface area contributed by atoms with E-state index in [2.05, 4.69) is 59.4 Å². The highest BCUT2D eigenvalue weighted by molar-refractivity contribution is 6.74. The molecule has 3 fully saturated rings. The van der Waals surface area contributed by atoms with Crippen LogP contribution >= 0.6 is 0 Å². The van der Waals surface area contributed by atoms with E-state index in [0.717, 1.165) is 12.1 Å². The number of benzene rings is 1. The van der Waals surface area contributed by atoms with E-state index in [1.54, 1.807) is 27.7 Å². The zero-order valence-electron chi connectivity index (χ0n) is 34.5. The third-order valence-corrected chi connectivity index (χ3v) is 16.9. The van der Waals surface area contributed by atoms with Crippen LogP contribution in [0.5, 0.6) is 5.88 Å². The van der Waals surface area contributed by atoms with Gasteiger partial charge in [-0.15, -0.1) is 0 Å². The first-order valence-electron chi connectivity index (χ1n) is 19.9. The Balaban J connectivity index is 0.969. The number of anilines is 3. The lowest BCUT2D eigenvalue weighted by Gasteiger charge is -2.38. The van der Waals surface area contributed by atoms with Gasteiger partial charge in [-0.3, -0.25) is 19.4 Å². The molecule has 2 N–H and O–H groups in total. The number of nitrogens with zero attached hydrogens (tertiary/aromatic N) is 5. The van der Waals surface area contributed by atoms with Gasteiger partial charge in [0.15, 0.2) is 26.6 Å². The van der Waals surface area contributed by atoms with Crippen molar-refractivity contribution in [2.75, 3.05) is 54.9 Å². The summed E-state index contributed by atoms with van der Waals surface area (Å²) in [5.74, 6) is -0.301. The number of aromatic nitrogens is 2. The van der Waals surface area contributed by atoms with Gasteiger partial charge >= 0.3 is 12.2 Å². The zero-order valence-corrected chi connectivity index (χ0v) is 35.5. The normalized spacial score (nSPS) is 24.8. The predicted octanol–water partition coefficient (Wildman–Crippen LogP) is 5.88. The lowest BCUT2D eigenvalue weighted by Crippen LogP contribution is -2.54. The molecule has 15 nitrogen and oxygen atoms in total. The molecule has 3 atom stereocenters. The van der Waals surface area contributed by atoms with E-state index in [1.165, 1.54) is 22.1 Å². The first-order valence-corrected chi connectivity index (χ1v) is 22.8. The van der Waals surface area contributed by atoms with Crippen LogP contribution in [0, 0.1) is 11.7 Å². The highest BCUT2D eigenvalue weighted by Crippen LogP contribution is 2.42. The van der Waals surface area contributed by atoms with E-state index >= 15 is 4.39 Å². The molecule has 3 saturated heterocycles. The van der Waals surface area contributed by atoms with Crippen LogP contribution in [0.2, 0.25) is 18.1 Å². The summed E-state index contributed by atoms with van der Waals surface area (Å²) in [6.45, 7) is 20.4. The lowest BCUT2D eigenvalue weighted by molar-refractivity contribution is -0.125. The second-order valence-electron chi connectivity index (χ2n) is 19.0. The van der Waals surface area contributed by atoms with Crippen molar-refractivity contribution in [2.24, 2.45) is 5.92 Å². The maximum absolute atomic E-state index is 15.7. The molecule has 1 unspecified atom stereocenters. The number of amides is 4. The van der Waals surface area contributed by atoms with E-state index in [9.17, 15) is 19.2 Å². The molecule has 2 aromatic rings. The number of carbonyl (C=O) groups is 4. The second-order valence-corrected chi connectivity index (χ2v) is 23.8. The minimum absolute atomic E-state index is 0.0634. The molecule has 4 amide bonds. The Morgan fingerprint density at radius 1 is 1.11 bits per heavy atom. The Hall–Kier alpha value is -4.35. The smallest absolute Gasteiger partial charge is 0.416 e. The molecule has 0 radical (unpaired) electrons. The lowest BCUT2D eigenvalue weighted by atomic mass is 9.90. The topological polar surface area (TPSA) is 165 Å².